The number of thiocarbonyl (C=S) groups is 1. The molecule has 2 rings (SSSR count). The first-order chi connectivity index (χ1) is 9.11. The molecule has 0 amide bonds. The average molecular weight is 355 g/mol. The van der Waals surface area contributed by atoms with E-state index in [4.69, 9.17) is 22.7 Å². The van der Waals surface area contributed by atoms with Gasteiger partial charge in [0.05, 0.1) is 11.8 Å². The number of aromatic nitrogens is 1. The van der Waals surface area contributed by atoms with Gasteiger partial charge in [0.2, 0.25) is 0 Å². The molecule has 2 aromatic rings. The zero-order valence-corrected chi connectivity index (χ0v) is 13.3. The minimum absolute atomic E-state index is 0.322. The maximum Gasteiger partial charge on any atom is 0.146 e. The second-order valence-electron chi connectivity index (χ2n) is 3.64. The summed E-state index contributed by atoms with van der Waals surface area (Å²) in [5.74, 6) is 1.27. The molecule has 0 aliphatic rings. The van der Waals surface area contributed by atoms with Crippen molar-refractivity contribution in [3.05, 3.63) is 46.7 Å². The highest BCUT2D eigenvalue weighted by Crippen LogP contribution is 2.32. The third-order valence-corrected chi connectivity index (χ3v) is 3.78. The van der Waals surface area contributed by atoms with Crippen LogP contribution in [0.4, 0.5) is 0 Å². The minimum atomic E-state index is 0.322. The number of nitrogens with two attached hydrogens (primary N) is 1. The van der Waals surface area contributed by atoms with Crippen LogP contribution < -0.4 is 10.5 Å². The van der Waals surface area contributed by atoms with Crippen LogP contribution in [0.5, 0.6) is 11.5 Å². The molecule has 0 unspecified atom stereocenters. The zero-order chi connectivity index (χ0) is 13.8. The predicted octanol–water partition coefficient (Wildman–Crippen LogP) is 3.99. The quantitative estimate of drug-likeness (QED) is 0.664. The van der Waals surface area contributed by atoms with Crippen molar-refractivity contribution >= 4 is 44.9 Å². The van der Waals surface area contributed by atoms with Crippen molar-refractivity contribution in [1.29, 1.82) is 0 Å². The summed E-state index contributed by atoms with van der Waals surface area (Å²) in [7, 11) is 0. The summed E-state index contributed by atoms with van der Waals surface area (Å²) in [6, 6.07) is 7.55. The largest absolute Gasteiger partial charge is 0.455 e. The van der Waals surface area contributed by atoms with Crippen molar-refractivity contribution in [2.24, 2.45) is 5.73 Å². The van der Waals surface area contributed by atoms with Gasteiger partial charge >= 0.3 is 0 Å². The number of hydrogen-bond donors (Lipinski definition) is 1. The Balaban J connectivity index is 2.42. The van der Waals surface area contributed by atoms with Crippen molar-refractivity contribution < 1.29 is 4.74 Å². The van der Waals surface area contributed by atoms with Crippen LogP contribution in [-0.4, -0.2) is 16.2 Å². The van der Waals surface area contributed by atoms with Crippen LogP contribution in [0.1, 0.15) is 5.56 Å². The summed E-state index contributed by atoms with van der Waals surface area (Å²) in [5.41, 5.74) is 6.54. The lowest BCUT2D eigenvalue weighted by Crippen LogP contribution is -2.12. The van der Waals surface area contributed by atoms with Crippen LogP contribution in [-0.2, 0) is 0 Å². The topological polar surface area (TPSA) is 48.1 Å². The summed E-state index contributed by atoms with van der Waals surface area (Å²) in [4.78, 5) is 5.37. The fourth-order valence-corrected chi connectivity index (χ4v) is 2.83. The molecular formula is C13H11BrN2OS2. The molecule has 1 heterocycles. The molecule has 19 heavy (non-hydrogen) atoms. The van der Waals surface area contributed by atoms with E-state index in [1.54, 1.807) is 24.2 Å². The molecule has 3 nitrogen and oxygen atoms in total. The van der Waals surface area contributed by atoms with Gasteiger partial charge in [0.1, 0.15) is 16.5 Å². The van der Waals surface area contributed by atoms with Crippen molar-refractivity contribution in [2.45, 2.75) is 4.90 Å². The summed E-state index contributed by atoms with van der Waals surface area (Å²) in [6.45, 7) is 0. The highest BCUT2D eigenvalue weighted by atomic mass is 79.9. The monoisotopic (exact) mass is 354 g/mol. The van der Waals surface area contributed by atoms with E-state index >= 15 is 0 Å². The van der Waals surface area contributed by atoms with Crippen molar-refractivity contribution in [3.8, 4) is 11.5 Å². The maximum absolute atomic E-state index is 5.82. The Labute approximate surface area is 129 Å². The van der Waals surface area contributed by atoms with Crippen LogP contribution in [0, 0.1) is 0 Å². The lowest BCUT2D eigenvalue weighted by Gasteiger charge is -2.13. The van der Waals surface area contributed by atoms with Gasteiger partial charge in [-0.15, -0.1) is 11.8 Å². The summed E-state index contributed by atoms with van der Waals surface area (Å²) in [6.07, 6.45) is 5.31. The van der Waals surface area contributed by atoms with E-state index in [2.05, 4.69) is 20.9 Å². The van der Waals surface area contributed by atoms with Gasteiger partial charge in [-0.2, -0.15) is 0 Å². The number of pyridine rings is 1. The molecule has 0 bridgehead atoms. The van der Waals surface area contributed by atoms with Crippen molar-refractivity contribution in [3.63, 3.8) is 0 Å². The second-order valence-corrected chi connectivity index (χ2v) is 5.84. The molecule has 6 heteroatoms. The van der Waals surface area contributed by atoms with Crippen LogP contribution >= 0.6 is 39.9 Å². The first-order valence-electron chi connectivity index (χ1n) is 5.37. The molecule has 0 spiro atoms. The van der Waals surface area contributed by atoms with E-state index in [0.29, 0.717) is 16.5 Å². The first-order valence-corrected chi connectivity index (χ1v) is 7.79. The van der Waals surface area contributed by atoms with E-state index in [-0.39, 0.29) is 0 Å². The van der Waals surface area contributed by atoms with E-state index < -0.39 is 0 Å². The molecule has 2 N–H and O–H groups in total. The molecule has 0 aliphatic carbocycles. The third-order valence-electron chi connectivity index (χ3n) is 2.36. The predicted molar refractivity (Wildman–Crippen MR) is 86.1 cm³/mol. The Morgan fingerprint density at radius 1 is 1.42 bits per heavy atom. The number of halogens is 1. The minimum Gasteiger partial charge on any atom is -0.455 e. The number of rotatable bonds is 4. The molecule has 98 valence electrons. The zero-order valence-electron chi connectivity index (χ0n) is 10.1. The molecule has 1 aromatic carbocycles. The lowest BCUT2D eigenvalue weighted by atomic mass is 10.2. The van der Waals surface area contributed by atoms with E-state index in [0.717, 1.165) is 14.9 Å². The van der Waals surface area contributed by atoms with Crippen LogP contribution in [0.15, 0.2) is 46.0 Å². The molecule has 0 aliphatic heterocycles. The van der Waals surface area contributed by atoms with Gasteiger partial charge in [-0.1, -0.05) is 18.3 Å². The Morgan fingerprint density at radius 2 is 2.21 bits per heavy atom. The number of nitrogens with zero attached hydrogens (tertiary/aromatic N) is 1. The van der Waals surface area contributed by atoms with E-state index in [1.165, 1.54) is 0 Å². The summed E-state index contributed by atoms with van der Waals surface area (Å²) < 4.78 is 6.67. The fourth-order valence-electron chi connectivity index (χ4n) is 1.58. The molecule has 0 saturated heterocycles. The molecule has 1 aromatic heterocycles. The second kappa shape index (κ2) is 6.36. The van der Waals surface area contributed by atoms with Crippen molar-refractivity contribution in [1.82, 2.24) is 4.98 Å². The van der Waals surface area contributed by atoms with Gasteiger partial charge in [-0.05, 0) is 40.4 Å². The van der Waals surface area contributed by atoms with E-state index in [1.807, 2.05) is 30.5 Å². The van der Waals surface area contributed by atoms with Gasteiger partial charge in [0.15, 0.2) is 0 Å². The third kappa shape index (κ3) is 3.46. The Kier molecular flexibility index (Phi) is 4.79. The molecular weight excluding hydrogens is 344 g/mol. The van der Waals surface area contributed by atoms with Crippen LogP contribution in [0.2, 0.25) is 0 Å². The van der Waals surface area contributed by atoms with Gasteiger partial charge in [0.25, 0.3) is 0 Å². The van der Waals surface area contributed by atoms with Crippen molar-refractivity contribution in [2.75, 3.05) is 6.26 Å². The number of thioether (sulfide) groups is 1. The number of hydrogen-bond acceptors (Lipinski definition) is 4. The highest BCUT2D eigenvalue weighted by Gasteiger charge is 2.12. The fraction of sp³-hybridized carbons (Fsp3) is 0.0769. The smallest absolute Gasteiger partial charge is 0.146 e. The number of benzene rings is 1. The Hall–Kier alpha value is -1.11. The highest BCUT2D eigenvalue weighted by molar-refractivity contribution is 9.10. The summed E-state index contributed by atoms with van der Waals surface area (Å²) >= 11 is 10.0. The Morgan fingerprint density at radius 3 is 2.84 bits per heavy atom. The van der Waals surface area contributed by atoms with Gasteiger partial charge in [-0.3, -0.25) is 4.98 Å². The SMILES string of the molecule is CSc1cccc(Oc2cncc(Br)c2)c1C(N)=S. The average Bonchev–Trinajstić information content (AvgIpc) is 2.38. The molecule has 0 atom stereocenters. The van der Waals surface area contributed by atoms with Gasteiger partial charge in [-0.25, -0.2) is 0 Å². The van der Waals surface area contributed by atoms with Crippen LogP contribution in [0.3, 0.4) is 0 Å². The normalized spacial score (nSPS) is 10.2. The summed E-state index contributed by atoms with van der Waals surface area (Å²) in [5, 5.41) is 0. The van der Waals surface area contributed by atoms with Crippen LogP contribution in [0.25, 0.3) is 0 Å². The van der Waals surface area contributed by atoms with Gasteiger partial charge < -0.3 is 10.5 Å². The molecule has 0 fully saturated rings. The standard InChI is InChI=1S/C13H11BrN2OS2/c1-19-11-4-2-3-10(12(11)13(15)18)17-9-5-8(14)6-16-7-9/h2-7H,1H3,(H2,15,18). The van der Waals surface area contributed by atoms with E-state index in [9.17, 15) is 0 Å². The molecule has 0 saturated carbocycles. The number of ether oxygens (including phenoxy) is 1. The maximum atomic E-state index is 5.82. The first kappa shape index (κ1) is 14.3. The molecule has 0 radical (unpaired) electrons. The van der Waals surface area contributed by atoms with Gasteiger partial charge in [0, 0.05) is 15.6 Å². The lowest BCUT2D eigenvalue weighted by molar-refractivity contribution is 0.477. The Bertz CT molecular complexity index is 619.